The number of halogens is 1. The zero-order valence-electron chi connectivity index (χ0n) is 13.4. The Morgan fingerprint density at radius 1 is 1.15 bits per heavy atom. The van der Waals surface area contributed by atoms with Gasteiger partial charge in [-0.2, -0.15) is 4.98 Å². The van der Waals surface area contributed by atoms with E-state index < -0.39 is 5.60 Å². The van der Waals surface area contributed by atoms with Crippen LogP contribution in [-0.4, -0.2) is 41.1 Å². The van der Waals surface area contributed by atoms with E-state index in [-0.39, 0.29) is 11.7 Å². The Balaban J connectivity index is 1.56. The molecule has 1 saturated carbocycles. The Labute approximate surface area is 152 Å². The van der Waals surface area contributed by atoms with E-state index in [4.69, 9.17) is 16.3 Å². The van der Waals surface area contributed by atoms with Gasteiger partial charge in [0.25, 0.3) is 5.89 Å². The maximum atomic E-state index is 10.2. The van der Waals surface area contributed by atoms with Crippen molar-refractivity contribution in [1.82, 2.24) is 29.3 Å². The first-order valence-corrected chi connectivity index (χ1v) is 8.52. The Kier molecular flexibility index (Phi) is 2.54. The Bertz CT molecular complexity index is 1080. The molecular weight excluding hydrogens is 358 g/mol. The van der Waals surface area contributed by atoms with Crippen molar-refractivity contribution < 1.29 is 9.63 Å². The predicted molar refractivity (Wildman–Crippen MR) is 91.2 cm³/mol. The van der Waals surface area contributed by atoms with Gasteiger partial charge in [-0.15, -0.1) is 10.2 Å². The van der Waals surface area contributed by atoms with Crippen LogP contribution in [0, 0.1) is 0 Å². The molecule has 0 unspecified atom stereocenters. The smallest absolute Gasteiger partial charge is 0.296 e. The molecule has 10 heteroatoms. The summed E-state index contributed by atoms with van der Waals surface area (Å²) in [7, 11) is 0. The fourth-order valence-electron chi connectivity index (χ4n) is 3.38. The highest BCUT2D eigenvalue weighted by molar-refractivity contribution is 6.15. The third-order valence-electron chi connectivity index (χ3n) is 4.89. The van der Waals surface area contributed by atoms with Crippen LogP contribution >= 0.6 is 11.8 Å². The van der Waals surface area contributed by atoms with E-state index in [0.29, 0.717) is 31.2 Å². The number of rotatable bonds is 2. The van der Waals surface area contributed by atoms with Gasteiger partial charge < -0.3 is 14.5 Å². The van der Waals surface area contributed by atoms with Crippen molar-refractivity contribution in [3.63, 3.8) is 0 Å². The lowest BCUT2D eigenvalue weighted by molar-refractivity contribution is 0.137. The number of nitrogens with zero attached hydrogens (tertiary/aromatic N) is 7. The standard InChI is InChI=1S/C16H12ClN7O2/c17-22-7-11-23(8-22)10-4-2-1-3-9(10)12-19-20-13(24(11)12)14-18-15(21-26-14)16(25)5-6-16/h1-4,7,25H,5-6,8H2. The number of anilines is 1. The number of aromatic nitrogens is 5. The minimum atomic E-state index is -0.968. The third kappa shape index (κ3) is 1.78. The van der Waals surface area contributed by atoms with Gasteiger partial charge in [0.15, 0.2) is 5.82 Å². The van der Waals surface area contributed by atoms with Crippen LogP contribution in [0.4, 0.5) is 5.69 Å². The van der Waals surface area contributed by atoms with E-state index in [0.717, 1.165) is 17.1 Å². The highest BCUT2D eigenvalue weighted by Crippen LogP contribution is 2.46. The number of para-hydroxylation sites is 1. The van der Waals surface area contributed by atoms with E-state index in [2.05, 4.69) is 25.2 Å². The van der Waals surface area contributed by atoms with Gasteiger partial charge in [0, 0.05) is 17.3 Å². The van der Waals surface area contributed by atoms with Crippen LogP contribution < -0.4 is 4.90 Å². The molecule has 1 fully saturated rings. The van der Waals surface area contributed by atoms with Crippen molar-refractivity contribution in [3.05, 3.63) is 36.3 Å². The van der Waals surface area contributed by atoms with Crippen LogP contribution in [0.15, 0.2) is 35.0 Å². The van der Waals surface area contributed by atoms with Crippen molar-refractivity contribution in [3.8, 4) is 23.1 Å². The molecule has 1 aliphatic carbocycles. The zero-order chi connectivity index (χ0) is 17.5. The van der Waals surface area contributed by atoms with Gasteiger partial charge >= 0.3 is 0 Å². The average molecular weight is 370 g/mol. The summed E-state index contributed by atoms with van der Waals surface area (Å²) in [6, 6.07) is 7.93. The molecule has 0 saturated heterocycles. The van der Waals surface area contributed by atoms with Gasteiger partial charge in [-0.05, 0) is 25.0 Å². The summed E-state index contributed by atoms with van der Waals surface area (Å²) >= 11 is 6.23. The second kappa shape index (κ2) is 4.63. The number of hydrogen-bond acceptors (Lipinski definition) is 8. The molecule has 0 radical (unpaired) electrons. The van der Waals surface area contributed by atoms with Crippen LogP contribution in [0.3, 0.4) is 0 Å². The summed E-state index contributed by atoms with van der Waals surface area (Å²) in [6.07, 6.45) is 3.08. The number of fused-ring (bicyclic) bond motifs is 6. The quantitative estimate of drug-likeness (QED) is 0.685. The zero-order valence-corrected chi connectivity index (χ0v) is 14.1. The maximum Gasteiger partial charge on any atom is 0.296 e. The highest BCUT2D eigenvalue weighted by atomic mass is 35.5. The molecule has 3 aromatic rings. The second-order valence-corrected chi connectivity index (χ2v) is 7.05. The maximum absolute atomic E-state index is 10.2. The lowest BCUT2D eigenvalue weighted by atomic mass is 10.1. The topological polar surface area (TPSA) is 96.3 Å². The summed E-state index contributed by atoms with van der Waals surface area (Å²) in [6.45, 7) is 0.500. The molecule has 0 amide bonds. The van der Waals surface area contributed by atoms with Gasteiger partial charge in [0.1, 0.15) is 18.1 Å². The minimum Gasteiger partial charge on any atom is -0.382 e. The molecule has 9 nitrogen and oxygen atoms in total. The molecule has 0 spiro atoms. The Morgan fingerprint density at radius 2 is 1.96 bits per heavy atom. The molecule has 2 aromatic heterocycles. The van der Waals surface area contributed by atoms with Gasteiger partial charge in [0.05, 0.1) is 11.9 Å². The van der Waals surface area contributed by atoms with Gasteiger partial charge in [-0.3, -0.25) is 8.99 Å². The molecule has 130 valence electrons. The van der Waals surface area contributed by atoms with E-state index in [1.165, 1.54) is 0 Å². The lowest BCUT2D eigenvalue weighted by Gasteiger charge is -2.29. The SMILES string of the molecule is OC1(c2noc(-c3nnc4n3C3=CN(Cl)CN3c3ccccc3-4)n2)CC1. The molecule has 2 aliphatic heterocycles. The van der Waals surface area contributed by atoms with Crippen molar-refractivity contribution in [2.24, 2.45) is 0 Å². The fourth-order valence-corrected chi connectivity index (χ4v) is 3.57. The predicted octanol–water partition coefficient (Wildman–Crippen LogP) is 1.98. The first-order valence-electron chi connectivity index (χ1n) is 8.18. The molecule has 1 aromatic carbocycles. The van der Waals surface area contributed by atoms with E-state index in [1.54, 1.807) is 10.6 Å². The summed E-state index contributed by atoms with van der Waals surface area (Å²) < 4.78 is 8.78. The normalized spacial score (nSPS) is 19.1. The van der Waals surface area contributed by atoms with Crippen LogP contribution in [0.25, 0.3) is 28.9 Å². The fraction of sp³-hybridized carbons (Fsp3) is 0.250. The highest BCUT2D eigenvalue weighted by Gasteiger charge is 2.47. The number of aliphatic hydroxyl groups is 1. The minimum absolute atomic E-state index is 0.215. The third-order valence-corrected chi connectivity index (χ3v) is 5.10. The van der Waals surface area contributed by atoms with Gasteiger partial charge in [-0.25, -0.2) is 0 Å². The van der Waals surface area contributed by atoms with E-state index >= 15 is 0 Å². The number of benzene rings is 1. The van der Waals surface area contributed by atoms with Crippen molar-refractivity contribution in [2.75, 3.05) is 11.6 Å². The summed E-state index contributed by atoms with van der Waals surface area (Å²) in [5.74, 6) is 2.40. The Hall–Kier alpha value is -2.91. The summed E-state index contributed by atoms with van der Waals surface area (Å²) in [5.41, 5.74) is 0.979. The molecule has 4 heterocycles. The van der Waals surface area contributed by atoms with Crippen LogP contribution in [-0.2, 0) is 5.60 Å². The second-order valence-electron chi connectivity index (χ2n) is 6.61. The Morgan fingerprint density at radius 3 is 2.81 bits per heavy atom. The van der Waals surface area contributed by atoms with Crippen LogP contribution in [0.2, 0.25) is 0 Å². The molecule has 26 heavy (non-hydrogen) atoms. The van der Waals surface area contributed by atoms with Crippen LogP contribution in [0.1, 0.15) is 18.7 Å². The van der Waals surface area contributed by atoms with E-state index in [1.807, 2.05) is 28.8 Å². The molecule has 0 atom stereocenters. The monoisotopic (exact) mass is 369 g/mol. The average Bonchev–Trinajstić information content (AvgIpc) is 3.05. The number of hydrogen-bond donors (Lipinski definition) is 1. The first kappa shape index (κ1) is 14.3. The summed E-state index contributed by atoms with van der Waals surface area (Å²) in [5, 5.41) is 22.7. The largest absolute Gasteiger partial charge is 0.382 e. The first-order chi connectivity index (χ1) is 12.6. The van der Waals surface area contributed by atoms with Crippen LogP contribution in [0.5, 0.6) is 0 Å². The van der Waals surface area contributed by atoms with Gasteiger partial charge in [0.2, 0.25) is 11.6 Å². The molecule has 3 aliphatic rings. The summed E-state index contributed by atoms with van der Waals surface area (Å²) in [4.78, 5) is 6.40. The van der Waals surface area contributed by atoms with Crippen molar-refractivity contribution in [2.45, 2.75) is 18.4 Å². The van der Waals surface area contributed by atoms with Crippen molar-refractivity contribution in [1.29, 1.82) is 0 Å². The van der Waals surface area contributed by atoms with Crippen molar-refractivity contribution >= 4 is 23.3 Å². The molecular formula is C16H12ClN7O2. The van der Waals surface area contributed by atoms with Gasteiger partial charge in [-0.1, -0.05) is 17.3 Å². The molecule has 6 rings (SSSR count). The van der Waals surface area contributed by atoms with E-state index in [9.17, 15) is 5.11 Å². The molecule has 0 bridgehead atoms. The lowest BCUT2D eigenvalue weighted by Crippen LogP contribution is -2.28. The molecule has 1 N–H and O–H groups in total.